The molecule has 0 spiro atoms. The highest BCUT2D eigenvalue weighted by atomic mass is 19.1. The normalized spacial score (nSPS) is 17.2. The lowest BCUT2D eigenvalue weighted by atomic mass is 10.1. The van der Waals surface area contributed by atoms with Gasteiger partial charge in [-0.15, -0.1) is 0 Å². The number of hydrogen-bond acceptors (Lipinski definition) is 6. The summed E-state index contributed by atoms with van der Waals surface area (Å²) in [7, 11) is 0. The van der Waals surface area contributed by atoms with Gasteiger partial charge in [0.2, 0.25) is 5.88 Å². The Morgan fingerprint density at radius 1 is 1.23 bits per heavy atom. The lowest BCUT2D eigenvalue weighted by Gasteiger charge is -2.32. The average molecular weight is 360 g/mol. The summed E-state index contributed by atoms with van der Waals surface area (Å²) in [6, 6.07) is 3.51. The van der Waals surface area contributed by atoms with E-state index in [1.165, 1.54) is 6.20 Å². The molecule has 3 rings (SSSR count). The van der Waals surface area contributed by atoms with E-state index in [2.05, 4.69) is 15.0 Å². The quantitative estimate of drug-likeness (QED) is 0.815. The Labute approximate surface area is 151 Å². The molecule has 1 atom stereocenters. The van der Waals surface area contributed by atoms with E-state index >= 15 is 0 Å². The molecular weight excluding hydrogens is 339 g/mol. The van der Waals surface area contributed by atoms with Crippen molar-refractivity contribution in [3.63, 3.8) is 0 Å². The molecule has 0 aromatic carbocycles. The number of carbonyl (C=O) groups is 1. The molecular formula is C18H21FN4O3. The maximum absolute atomic E-state index is 12.9. The first-order valence-electron chi connectivity index (χ1n) is 8.57. The predicted octanol–water partition coefficient (Wildman–Crippen LogP) is 2.48. The predicted molar refractivity (Wildman–Crippen MR) is 91.5 cm³/mol. The van der Waals surface area contributed by atoms with E-state index in [4.69, 9.17) is 9.47 Å². The van der Waals surface area contributed by atoms with Gasteiger partial charge in [0.1, 0.15) is 6.10 Å². The van der Waals surface area contributed by atoms with E-state index in [9.17, 15) is 9.18 Å². The first-order chi connectivity index (χ1) is 12.5. The zero-order valence-corrected chi connectivity index (χ0v) is 14.8. The van der Waals surface area contributed by atoms with Gasteiger partial charge in [0.25, 0.3) is 5.91 Å². The van der Waals surface area contributed by atoms with E-state index in [1.54, 1.807) is 17.0 Å². The lowest BCUT2D eigenvalue weighted by molar-refractivity contribution is 0.0515. The molecule has 0 bridgehead atoms. The Morgan fingerprint density at radius 2 is 2.00 bits per heavy atom. The van der Waals surface area contributed by atoms with Crippen LogP contribution in [0.2, 0.25) is 0 Å². The van der Waals surface area contributed by atoms with Crippen molar-refractivity contribution in [2.45, 2.75) is 38.9 Å². The van der Waals surface area contributed by atoms with Crippen LogP contribution < -0.4 is 9.47 Å². The monoisotopic (exact) mass is 360 g/mol. The summed E-state index contributed by atoms with van der Waals surface area (Å²) < 4.78 is 24.0. The third-order valence-corrected chi connectivity index (χ3v) is 3.87. The van der Waals surface area contributed by atoms with Gasteiger partial charge in [-0.3, -0.25) is 4.79 Å². The Bertz CT molecular complexity index is 737. The average Bonchev–Trinajstić information content (AvgIpc) is 2.63. The minimum atomic E-state index is -0.518. The molecule has 2 aromatic rings. The van der Waals surface area contributed by atoms with Gasteiger partial charge in [-0.05, 0) is 32.8 Å². The number of piperidine rings is 1. The third-order valence-electron chi connectivity index (χ3n) is 3.87. The van der Waals surface area contributed by atoms with Crippen molar-refractivity contribution in [1.29, 1.82) is 0 Å². The van der Waals surface area contributed by atoms with Gasteiger partial charge >= 0.3 is 6.01 Å². The van der Waals surface area contributed by atoms with Crippen LogP contribution in [0, 0.1) is 5.82 Å². The summed E-state index contributed by atoms with van der Waals surface area (Å²) in [5, 5.41) is 0. The van der Waals surface area contributed by atoms with E-state index in [1.807, 2.05) is 13.8 Å². The molecule has 1 saturated heterocycles. The molecule has 0 aliphatic carbocycles. The summed E-state index contributed by atoms with van der Waals surface area (Å²) in [4.78, 5) is 26.2. The molecule has 1 aliphatic rings. The molecule has 26 heavy (non-hydrogen) atoms. The van der Waals surface area contributed by atoms with Crippen molar-refractivity contribution >= 4 is 5.91 Å². The molecule has 2 aromatic heterocycles. The fourth-order valence-electron chi connectivity index (χ4n) is 2.73. The van der Waals surface area contributed by atoms with E-state index in [0.29, 0.717) is 24.5 Å². The van der Waals surface area contributed by atoms with Crippen molar-refractivity contribution < 1.29 is 18.7 Å². The Morgan fingerprint density at radius 3 is 2.65 bits per heavy atom. The number of aromatic nitrogens is 3. The van der Waals surface area contributed by atoms with Crippen LogP contribution >= 0.6 is 0 Å². The minimum Gasteiger partial charge on any atom is -0.475 e. The van der Waals surface area contributed by atoms with E-state index in [-0.39, 0.29) is 24.1 Å². The molecule has 0 radical (unpaired) electrons. The van der Waals surface area contributed by atoms with E-state index in [0.717, 1.165) is 25.2 Å². The Balaban J connectivity index is 1.61. The summed E-state index contributed by atoms with van der Waals surface area (Å²) >= 11 is 0. The maximum Gasteiger partial charge on any atom is 0.316 e. The van der Waals surface area contributed by atoms with Gasteiger partial charge in [0.05, 0.1) is 30.6 Å². The molecule has 8 heteroatoms. The van der Waals surface area contributed by atoms with Crippen molar-refractivity contribution in [2.24, 2.45) is 0 Å². The molecule has 7 nitrogen and oxygen atoms in total. The van der Waals surface area contributed by atoms with Gasteiger partial charge in [-0.1, -0.05) is 0 Å². The lowest BCUT2D eigenvalue weighted by Crippen LogP contribution is -2.44. The molecule has 1 unspecified atom stereocenters. The van der Waals surface area contributed by atoms with Crippen LogP contribution in [0.1, 0.15) is 37.0 Å². The van der Waals surface area contributed by atoms with Crippen molar-refractivity contribution in [3.8, 4) is 11.9 Å². The number of likely N-dealkylation sites (tertiary alicyclic amines) is 1. The molecule has 3 heterocycles. The number of rotatable bonds is 5. The topological polar surface area (TPSA) is 77.4 Å². The first kappa shape index (κ1) is 18.0. The second-order valence-electron chi connectivity index (χ2n) is 6.37. The fraction of sp³-hybridized carbons (Fsp3) is 0.444. The molecule has 0 saturated carbocycles. The van der Waals surface area contributed by atoms with Crippen LogP contribution in [-0.4, -0.2) is 51.1 Å². The number of hydrogen-bond donors (Lipinski definition) is 0. The number of nitrogens with zero attached hydrogens (tertiary/aromatic N) is 4. The van der Waals surface area contributed by atoms with Crippen LogP contribution in [0.3, 0.4) is 0 Å². The van der Waals surface area contributed by atoms with Crippen molar-refractivity contribution in [3.05, 3.63) is 42.1 Å². The van der Waals surface area contributed by atoms with Gasteiger partial charge in [-0.2, -0.15) is 0 Å². The zero-order chi connectivity index (χ0) is 18.5. The highest BCUT2D eigenvalue weighted by molar-refractivity contribution is 5.94. The fourth-order valence-corrected chi connectivity index (χ4v) is 2.73. The molecule has 0 N–H and O–H groups in total. The van der Waals surface area contributed by atoms with Crippen LogP contribution in [0.15, 0.2) is 30.7 Å². The summed E-state index contributed by atoms with van der Waals surface area (Å²) in [6.07, 6.45) is 5.02. The highest BCUT2D eigenvalue weighted by Gasteiger charge is 2.26. The number of pyridine rings is 1. The Kier molecular flexibility index (Phi) is 5.60. The zero-order valence-electron chi connectivity index (χ0n) is 14.8. The second kappa shape index (κ2) is 8.07. The van der Waals surface area contributed by atoms with Crippen molar-refractivity contribution in [2.75, 3.05) is 13.1 Å². The standard InChI is InChI=1S/C18H21FN4O3/c1-12(2)25-16-6-5-13(8-20-16)17(24)23-7-3-4-15(11-23)26-18-21-9-14(19)10-22-18/h5-6,8-10,12,15H,3-4,7,11H2,1-2H3. The third kappa shape index (κ3) is 4.65. The number of halogens is 1. The second-order valence-corrected chi connectivity index (χ2v) is 6.37. The highest BCUT2D eigenvalue weighted by Crippen LogP contribution is 2.18. The number of ether oxygens (including phenoxy) is 2. The van der Waals surface area contributed by atoms with Crippen LogP contribution in [-0.2, 0) is 0 Å². The summed E-state index contributed by atoms with van der Waals surface area (Å²) in [6.45, 7) is 4.90. The van der Waals surface area contributed by atoms with E-state index < -0.39 is 5.82 Å². The van der Waals surface area contributed by atoms with Crippen molar-refractivity contribution in [1.82, 2.24) is 19.9 Å². The van der Waals surface area contributed by atoms with Crippen LogP contribution in [0.4, 0.5) is 4.39 Å². The number of amides is 1. The van der Waals surface area contributed by atoms with Crippen LogP contribution in [0.25, 0.3) is 0 Å². The SMILES string of the molecule is CC(C)Oc1ccc(C(=O)N2CCCC(Oc3ncc(F)cn3)C2)cn1. The van der Waals surface area contributed by atoms with Crippen LogP contribution in [0.5, 0.6) is 11.9 Å². The number of carbonyl (C=O) groups excluding carboxylic acids is 1. The minimum absolute atomic E-state index is 0.0257. The largest absolute Gasteiger partial charge is 0.475 e. The summed E-state index contributed by atoms with van der Waals surface area (Å²) in [5.41, 5.74) is 0.500. The first-order valence-corrected chi connectivity index (χ1v) is 8.57. The molecule has 1 amide bonds. The van der Waals surface area contributed by atoms with Gasteiger partial charge in [0.15, 0.2) is 5.82 Å². The molecule has 1 fully saturated rings. The van der Waals surface area contributed by atoms with Gasteiger partial charge in [0, 0.05) is 18.8 Å². The van der Waals surface area contributed by atoms with Gasteiger partial charge in [-0.25, -0.2) is 19.3 Å². The maximum atomic E-state index is 12.9. The smallest absolute Gasteiger partial charge is 0.316 e. The van der Waals surface area contributed by atoms with Gasteiger partial charge < -0.3 is 14.4 Å². The summed E-state index contributed by atoms with van der Waals surface area (Å²) in [5.74, 6) is -0.137. The molecule has 1 aliphatic heterocycles. The Hall–Kier alpha value is -2.77. The molecule has 138 valence electrons.